The molecule has 3 aromatic rings. The van der Waals surface area contributed by atoms with Gasteiger partial charge in [-0.2, -0.15) is 9.61 Å². The number of fused-ring (bicyclic) bond motifs is 1. The predicted octanol–water partition coefficient (Wildman–Crippen LogP) is 4.52. The molecule has 0 bridgehead atoms. The fourth-order valence-corrected chi connectivity index (χ4v) is 3.41. The van der Waals surface area contributed by atoms with Crippen molar-refractivity contribution in [1.82, 2.24) is 14.6 Å². The Morgan fingerprint density at radius 1 is 1.30 bits per heavy atom. The van der Waals surface area contributed by atoms with Crippen LogP contribution < -0.4 is 10.1 Å². The van der Waals surface area contributed by atoms with E-state index < -0.39 is 0 Å². The van der Waals surface area contributed by atoms with E-state index in [-0.39, 0.29) is 11.9 Å². The first kappa shape index (κ1) is 21.3. The molecule has 0 aliphatic rings. The molecule has 8 heteroatoms. The summed E-state index contributed by atoms with van der Waals surface area (Å²) in [5.41, 5.74) is 5.62. The molecule has 2 N–H and O–H groups in total. The third-order valence-corrected chi connectivity index (χ3v) is 4.90. The van der Waals surface area contributed by atoms with Gasteiger partial charge in [0.25, 0.3) is 0 Å². The molecule has 0 fully saturated rings. The van der Waals surface area contributed by atoms with E-state index in [1.807, 2.05) is 45.0 Å². The zero-order valence-corrected chi connectivity index (χ0v) is 18.3. The van der Waals surface area contributed by atoms with Crippen LogP contribution in [0.2, 0.25) is 0 Å². The van der Waals surface area contributed by atoms with Crippen molar-refractivity contribution >= 4 is 23.6 Å². The molecule has 2 aromatic heterocycles. The Balaban J connectivity index is 2.09. The predicted molar refractivity (Wildman–Crippen MR) is 120 cm³/mol. The summed E-state index contributed by atoms with van der Waals surface area (Å²) in [7, 11) is 1.66. The van der Waals surface area contributed by atoms with E-state index in [2.05, 4.69) is 17.4 Å². The van der Waals surface area contributed by atoms with E-state index in [1.165, 1.54) is 6.21 Å². The Morgan fingerprint density at radius 3 is 2.70 bits per heavy atom. The number of oxime groups is 1. The Morgan fingerprint density at radius 2 is 2.07 bits per heavy atom. The number of hydrogen-bond donors (Lipinski definition) is 2. The second-order valence-corrected chi connectivity index (χ2v) is 7.08. The summed E-state index contributed by atoms with van der Waals surface area (Å²) in [6.45, 7) is 9.70. The summed E-state index contributed by atoms with van der Waals surface area (Å²) in [6, 6.07) is 7.57. The van der Waals surface area contributed by atoms with Crippen molar-refractivity contribution in [3.05, 3.63) is 41.2 Å². The molecular weight excluding hydrogens is 380 g/mol. The van der Waals surface area contributed by atoms with Crippen molar-refractivity contribution in [2.75, 3.05) is 12.4 Å². The molecule has 0 amide bonds. The van der Waals surface area contributed by atoms with Gasteiger partial charge >= 0.3 is 0 Å². The number of methoxy groups -OCH3 is 1. The van der Waals surface area contributed by atoms with Gasteiger partial charge in [-0.05, 0) is 57.4 Å². The molecule has 8 nitrogen and oxygen atoms in total. The van der Waals surface area contributed by atoms with Gasteiger partial charge in [0.2, 0.25) is 5.90 Å². The molecule has 0 radical (unpaired) electrons. The molecule has 3 rings (SSSR count). The van der Waals surface area contributed by atoms with Gasteiger partial charge in [-0.3, -0.25) is 5.41 Å². The highest BCUT2D eigenvalue weighted by atomic mass is 16.6. The second kappa shape index (κ2) is 8.94. The van der Waals surface area contributed by atoms with Gasteiger partial charge in [-0.15, -0.1) is 0 Å². The Hall–Kier alpha value is -3.42. The number of rotatable bonds is 7. The molecule has 0 aliphatic carbocycles. The zero-order valence-electron chi connectivity index (χ0n) is 18.3. The molecule has 2 heterocycles. The van der Waals surface area contributed by atoms with Crippen molar-refractivity contribution in [3.8, 4) is 16.9 Å². The van der Waals surface area contributed by atoms with Crippen LogP contribution in [0, 0.1) is 26.2 Å². The lowest BCUT2D eigenvalue weighted by Crippen LogP contribution is -2.30. The Kier molecular flexibility index (Phi) is 6.34. The van der Waals surface area contributed by atoms with Crippen molar-refractivity contribution in [3.63, 3.8) is 0 Å². The number of aromatic nitrogens is 3. The normalized spacial score (nSPS) is 12.3. The maximum atomic E-state index is 8.15. The van der Waals surface area contributed by atoms with E-state index in [0.29, 0.717) is 6.42 Å². The van der Waals surface area contributed by atoms with Crippen LogP contribution in [0.1, 0.15) is 37.2 Å². The third kappa shape index (κ3) is 4.12. The van der Waals surface area contributed by atoms with Crippen LogP contribution in [0.25, 0.3) is 16.8 Å². The fraction of sp³-hybridized carbons (Fsp3) is 0.364. The third-order valence-electron chi connectivity index (χ3n) is 4.90. The summed E-state index contributed by atoms with van der Waals surface area (Å²) < 4.78 is 7.13. The van der Waals surface area contributed by atoms with Crippen LogP contribution in [-0.2, 0) is 4.84 Å². The van der Waals surface area contributed by atoms with E-state index in [1.54, 1.807) is 18.5 Å². The van der Waals surface area contributed by atoms with Crippen LogP contribution in [0.15, 0.2) is 29.4 Å². The molecule has 1 atom stereocenters. The quantitative estimate of drug-likeness (QED) is 0.340. The van der Waals surface area contributed by atoms with Crippen molar-refractivity contribution in [2.24, 2.45) is 5.16 Å². The molecule has 0 spiro atoms. The number of hydrogen-bond acceptors (Lipinski definition) is 7. The SMILES string of the molecule is C/C=N/OC(=N)C(CC)Nc1cc(C)nc2c(-c3ccc(OC)cc3C)c(C)nn12. The van der Waals surface area contributed by atoms with Gasteiger partial charge in [0.15, 0.2) is 5.65 Å². The lowest BCUT2D eigenvalue weighted by atomic mass is 10.0. The van der Waals surface area contributed by atoms with Crippen LogP contribution in [0.3, 0.4) is 0 Å². The molecular formula is C22H28N6O2. The van der Waals surface area contributed by atoms with Gasteiger partial charge < -0.3 is 14.9 Å². The smallest absolute Gasteiger partial charge is 0.239 e. The standard InChI is InChI=1S/C22H28N6O2/c1-7-18(21(23)30-24-8-2)26-19-12-14(4)25-22-20(15(5)27-28(19)22)17-10-9-16(29-6)11-13(17)3/h8-12,18,23,26H,7H2,1-6H3/b23-21?,24-8+. The topological polar surface area (TPSA) is 96.9 Å². The van der Waals surface area contributed by atoms with E-state index in [0.717, 1.165) is 45.3 Å². The molecule has 0 aliphatic heterocycles. The van der Waals surface area contributed by atoms with E-state index in [9.17, 15) is 0 Å². The first-order chi connectivity index (χ1) is 14.4. The van der Waals surface area contributed by atoms with Crippen LogP contribution in [0.4, 0.5) is 5.82 Å². The highest BCUT2D eigenvalue weighted by molar-refractivity contribution is 5.84. The van der Waals surface area contributed by atoms with Crippen molar-refractivity contribution < 1.29 is 9.57 Å². The number of nitrogens with one attached hydrogen (secondary N) is 2. The monoisotopic (exact) mass is 408 g/mol. The van der Waals surface area contributed by atoms with Gasteiger partial charge in [0.1, 0.15) is 17.6 Å². The second-order valence-electron chi connectivity index (χ2n) is 7.08. The maximum Gasteiger partial charge on any atom is 0.239 e. The highest BCUT2D eigenvalue weighted by Crippen LogP contribution is 2.33. The van der Waals surface area contributed by atoms with Crippen LogP contribution >= 0.6 is 0 Å². The first-order valence-electron chi connectivity index (χ1n) is 9.91. The molecule has 0 saturated heterocycles. The molecule has 1 unspecified atom stereocenters. The summed E-state index contributed by atoms with van der Waals surface area (Å²) in [5.74, 6) is 1.61. The summed E-state index contributed by atoms with van der Waals surface area (Å²) >= 11 is 0. The number of ether oxygens (including phenoxy) is 1. The van der Waals surface area contributed by atoms with Gasteiger partial charge in [-0.25, -0.2) is 4.98 Å². The summed E-state index contributed by atoms with van der Waals surface area (Å²) in [5, 5.41) is 20.0. The minimum Gasteiger partial charge on any atom is -0.497 e. The highest BCUT2D eigenvalue weighted by Gasteiger charge is 2.21. The van der Waals surface area contributed by atoms with E-state index >= 15 is 0 Å². The zero-order chi connectivity index (χ0) is 21.8. The fourth-order valence-electron chi connectivity index (χ4n) is 3.41. The number of anilines is 1. The number of nitrogens with zero attached hydrogens (tertiary/aromatic N) is 4. The first-order valence-corrected chi connectivity index (χ1v) is 9.91. The van der Waals surface area contributed by atoms with Crippen molar-refractivity contribution in [2.45, 2.75) is 47.1 Å². The Labute approximate surface area is 176 Å². The number of aryl methyl sites for hydroxylation is 3. The summed E-state index contributed by atoms with van der Waals surface area (Å²) in [6.07, 6.45) is 2.17. The molecule has 158 valence electrons. The lowest BCUT2D eigenvalue weighted by molar-refractivity contribution is 0.311. The van der Waals surface area contributed by atoms with Gasteiger partial charge in [0.05, 0.1) is 12.8 Å². The maximum absolute atomic E-state index is 8.15. The van der Waals surface area contributed by atoms with E-state index in [4.69, 9.17) is 25.1 Å². The van der Waals surface area contributed by atoms with Gasteiger partial charge in [0, 0.05) is 23.5 Å². The minimum atomic E-state index is -0.339. The molecule has 30 heavy (non-hydrogen) atoms. The van der Waals surface area contributed by atoms with Gasteiger partial charge in [-0.1, -0.05) is 18.1 Å². The van der Waals surface area contributed by atoms with Crippen LogP contribution in [0.5, 0.6) is 5.75 Å². The largest absolute Gasteiger partial charge is 0.497 e. The van der Waals surface area contributed by atoms with Crippen molar-refractivity contribution in [1.29, 1.82) is 5.41 Å². The number of benzene rings is 1. The lowest BCUT2D eigenvalue weighted by Gasteiger charge is -2.18. The molecule has 1 aromatic carbocycles. The summed E-state index contributed by atoms with van der Waals surface area (Å²) in [4.78, 5) is 9.89. The Bertz CT molecular complexity index is 1100. The molecule has 0 saturated carbocycles. The minimum absolute atomic E-state index is 0.0494. The van der Waals surface area contributed by atoms with Crippen LogP contribution in [-0.4, -0.2) is 39.9 Å². The average Bonchev–Trinajstić information content (AvgIpc) is 3.05. The average molecular weight is 409 g/mol.